The summed E-state index contributed by atoms with van der Waals surface area (Å²) in [5.41, 5.74) is 4.47. The first-order valence-electron chi connectivity index (χ1n) is 9.61. The van der Waals surface area contributed by atoms with Gasteiger partial charge in [-0.15, -0.1) is 0 Å². The molecule has 3 rings (SSSR count). The summed E-state index contributed by atoms with van der Waals surface area (Å²) in [5.74, 6) is 0.468. The van der Waals surface area contributed by atoms with E-state index in [1.165, 1.54) is 0 Å². The Bertz CT molecular complexity index is 1020. The van der Waals surface area contributed by atoms with Crippen molar-refractivity contribution in [3.63, 3.8) is 0 Å². The smallest absolute Gasteiger partial charge is 0.251 e. The van der Waals surface area contributed by atoms with Gasteiger partial charge >= 0.3 is 0 Å². The number of ether oxygens (including phenoxy) is 1. The Morgan fingerprint density at radius 3 is 2.23 bits per heavy atom. The number of methoxy groups -OCH3 is 1. The van der Waals surface area contributed by atoms with Crippen LogP contribution < -0.4 is 20.7 Å². The fraction of sp³-hybridized carbons (Fsp3) is 0.167. The lowest BCUT2D eigenvalue weighted by atomic mass is 10.1. The van der Waals surface area contributed by atoms with E-state index < -0.39 is 6.04 Å². The Labute approximate surface area is 182 Å². The minimum absolute atomic E-state index is 0.203. The second kappa shape index (κ2) is 9.89. The molecule has 0 aliphatic heterocycles. The van der Waals surface area contributed by atoms with Crippen molar-refractivity contribution in [2.45, 2.75) is 19.9 Å². The molecule has 0 heterocycles. The monoisotopic (exact) mass is 419 g/mol. The summed E-state index contributed by atoms with van der Waals surface area (Å²) in [7, 11) is 1.61. The average Bonchev–Trinajstić information content (AvgIpc) is 2.74. The highest BCUT2D eigenvalue weighted by atomic mass is 32.1. The number of thiocarbonyl (C=S) groups is 1. The van der Waals surface area contributed by atoms with Gasteiger partial charge in [0.15, 0.2) is 5.11 Å². The molecule has 1 atom stereocenters. The third-order valence-corrected chi connectivity index (χ3v) is 4.81. The van der Waals surface area contributed by atoms with E-state index in [4.69, 9.17) is 17.0 Å². The standard InChI is InChI=1S/C24H25N3O2S/c1-16-9-12-19(13-10-16)25-23(28)22(18-7-5-4-6-8-18)27-24(30)26-20-15-17(2)11-14-21(20)29-3/h4-15,22H,1-3H3,(H,25,28)(H2,26,27,30). The summed E-state index contributed by atoms with van der Waals surface area (Å²) in [6.07, 6.45) is 0. The van der Waals surface area contributed by atoms with Crippen molar-refractivity contribution in [1.29, 1.82) is 0 Å². The highest BCUT2D eigenvalue weighted by molar-refractivity contribution is 7.80. The van der Waals surface area contributed by atoms with E-state index in [9.17, 15) is 4.79 Å². The molecule has 3 aromatic carbocycles. The summed E-state index contributed by atoms with van der Waals surface area (Å²) in [6, 6.07) is 22.3. The molecule has 0 radical (unpaired) electrons. The molecule has 1 unspecified atom stereocenters. The molecule has 0 fully saturated rings. The molecule has 0 saturated heterocycles. The van der Waals surface area contributed by atoms with Crippen molar-refractivity contribution < 1.29 is 9.53 Å². The molecular formula is C24H25N3O2S. The van der Waals surface area contributed by atoms with Crippen LogP contribution in [0.5, 0.6) is 5.75 Å². The van der Waals surface area contributed by atoms with Gasteiger partial charge in [-0.25, -0.2) is 0 Å². The van der Waals surface area contributed by atoms with Gasteiger partial charge in [-0.2, -0.15) is 0 Å². The maximum Gasteiger partial charge on any atom is 0.251 e. The minimum Gasteiger partial charge on any atom is -0.495 e. The fourth-order valence-corrected chi connectivity index (χ4v) is 3.23. The van der Waals surface area contributed by atoms with Crippen LogP contribution in [0.25, 0.3) is 0 Å². The number of nitrogens with one attached hydrogen (secondary N) is 3. The summed E-state index contributed by atoms with van der Waals surface area (Å²) in [4.78, 5) is 13.1. The fourth-order valence-electron chi connectivity index (χ4n) is 3.01. The Morgan fingerprint density at radius 1 is 0.900 bits per heavy atom. The van der Waals surface area contributed by atoms with Crippen molar-refractivity contribution in [2.24, 2.45) is 0 Å². The molecule has 0 saturated carbocycles. The number of rotatable bonds is 6. The van der Waals surface area contributed by atoms with Gasteiger partial charge in [-0.05, 0) is 61.5 Å². The van der Waals surface area contributed by atoms with Crippen LogP contribution in [0.2, 0.25) is 0 Å². The zero-order valence-corrected chi connectivity index (χ0v) is 18.0. The predicted octanol–water partition coefficient (Wildman–Crippen LogP) is 4.98. The van der Waals surface area contributed by atoms with Gasteiger partial charge in [0.1, 0.15) is 11.8 Å². The van der Waals surface area contributed by atoms with Crippen LogP contribution >= 0.6 is 12.2 Å². The molecule has 0 aromatic heterocycles. The van der Waals surface area contributed by atoms with Gasteiger partial charge in [-0.1, -0.05) is 54.1 Å². The molecule has 154 valence electrons. The van der Waals surface area contributed by atoms with Crippen molar-refractivity contribution in [2.75, 3.05) is 17.7 Å². The number of benzene rings is 3. The molecule has 6 heteroatoms. The molecular weight excluding hydrogens is 394 g/mol. The van der Waals surface area contributed by atoms with Crippen LogP contribution in [0.1, 0.15) is 22.7 Å². The van der Waals surface area contributed by atoms with Gasteiger partial charge in [0.25, 0.3) is 5.91 Å². The maximum absolute atomic E-state index is 13.1. The number of hydrogen-bond donors (Lipinski definition) is 3. The normalized spacial score (nSPS) is 11.3. The largest absolute Gasteiger partial charge is 0.495 e. The third kappa shape index (κ3) is 5.58. The molecule has 3 aromatic rings. The zero-order chi connectivity index (χ0) is 21.5. The molecule has 1 amide bonds. The SMILES string of the molecule is COc1ccc(C)cc1NC(=S)NC(C(=O)Nc1ccc(C)cc1)c1ccccc1. The van der Waals surface area contributed by atoms with Gasteiger partial charge in [-0.3, -0.25) is 4.79 Å². The third-order valence-electron chi connectivity index (χ3n) is 4.59. The number of aryl methyl sites for hydroxylation is 2. The Morgan fingerprint density at radius 2 is 1.57 bits per heavy atom. The summed E-state index contributed by atoms with van der Waals surface area (Å²) >= 11 is 5.51. The molecule has 3 N–H and O–H groups in total. The lowest BCUT2D eigenvalue weighted by Gasteiger charge is -2.22. The zero-order valence-electron chi connectivity index (χ0n) is 17.2. The minimum atomic E-state index is -0.664. The predicted molar refractivity (Wildman–Crippen MR) is 126 cm³/mol. The first-order chi connectivity index (χ1) is 14.5. The molecule has 5 nitrogen and oxygen atoms in total. The first-order valence-corrected chi connectivity index (χ1v) is 10.0. The second-order valence-corrected chi connectivity index (χ2v) is 7.41. The molecule has 0 bridgehead atoms. The van der Waals surface area contributed by atoms with Crippen molar-refractivity contribution in [1.82, 2.24) is 5.32 Å². The van der Waals surface area contributed by atoms with Gasteiger partial charge in [0, 0.05) is 5.69 Å². The van der Waals surface area contributed by atoms with E-state index in [0.29, 0.717) is 10.9 Å². The summed E-state index contributed by atoms with van der Waals surface area (Å²) < 4.78 is 5.40. The number of anilines is 2. The lowest BCUT2D eigenvalue weighted by molar-refractivity contribution is -0.117. The quantitative estimate of drug-likeness (QED) is 0.492. The number of hydrogen-bond acceptors (Lipinski definition) is 3. The highest BCUT2D eigenvalue weighted by Gasteiger charge is 2.22. The van der Waals surface area contributed by atoms with Crippen molar-refractivity contribution >= 4 is 34.6 Å². The van der Waals surface area contributed by atoms with Crippen molar-refractivity contribution in [3.05, 3.63) is 89.5 Å². The highest BCUT2D eigenvalue weighted by Crippen LogP contribution is 2.25. The Balaban J connectivity index is 1.79. The van der Waals surface area contributed by atoms with Crippen LogP contribution in [-0.4, -0.2) is 18.1 Å². The summed E-state index contributed by atoms with van der Waals surface area (Å²) in [5, 5.41) is 9.56. The van der Waals surface area contributed by atoms with Gasteiger partial charge < -0.3 is 20.7 Å². The van der Waals surface area contributed by atoms with Gasteiger partial charge in [0.2, 0.25) is 0 Å². The Kier molecular flexibility index (Phi) is 7.03. The van der Waals surface area contributed by atoms with Crippen LogP contribution in [0, 0.1) is 13.8 Å². The molecule has 30 heavy (non-hydrogen) atoms. The number of amides is 1. The van der Waals surface area contributed by atoms with E-state index in [-0.39, 0.29) is 5.91 Å². The average molecular weight is 420 g/mol. The van der Waals surface area contributed by atoms with E-state index in [1.807, 2.05) is 86.6 Å². The summed E-state index contributed by atoms with van der Waals surface area (Å²) in [6.45, 7) is 3.99. The number of carbonyl (C=O) groups is 1. The van der Waals surface area contributed by atoms with E-state index in [1.54, 1.807) is 7.11 Å². The first kappa shape index (κ1) is 21.3. The number of carbonyl (C=O) groups excluding carboxylic acids is 1. The maximum atomic E-state index is 13.1. The van der Waals surface area contributed by atoms with E-state index in [0.717, 1.165) is 28.1 Å². The van der Waals surface area contributed by atoms with Crippen LogP contribution in [0.3, 0.4) is 0 Å². The molecule has 0 aliphatic carbocycles. The van der Waals surface area contributed by atoms with Crippen LogP contribution in [-0.2, 0) is 4.79 Å². The van der Waals surface area contributed by atoms with E-state index in [2.05, 4.69) is 16.0 Å². The Hall–Kier alpha value is -3.38. The van der Waals surface area contributed by atoms with Gasteiger partial charge in [0.05, 0.1) is 12.8 Å². The lowest BCUT2D eigenvalue weighted by Crippen LogP contribution is -2.39. The van der Waals surface area contributed by atoms with Crippen molar-refractivity contribution in [3.8, 4) is 5.75 Å². The van der Waals surface area contributed by atoms with E-state index >= 15 is 0 Å². The topological polar surface area (TPSA) is 62.4 Å². The molecule has 0 aliphatic rings. The molecule has 0 spiro atoms. The van der Waals surface area contributed by atoms with Crippen LogP contribution in [0.4, 0.5) is 11.4 Å². The second-order valence-electron chi connectivity index (χ2n) is 7.00. The van der Waals surface area contributed by atoms with Crippen LogP contribution in [0.15, 0.2) is 72.8 Å².